The molecule has 4 N–H and O–H groups in total. The minimum absolute atomic E-state index is 0.0218. The number of pyridine rings is 1. The van der Waals surface area contributed by atoms with Crippen molar-refractivity contribution < 1.29 is 9.90 Å². The molecule has 25 heavy (non-hydrogen) atoms. The summed E-state index contributed by atoms with van der Waals surface area (Å²) in [7, 11) is 0. The Morgan fingerprint density at radius 2 is 2.16 bits per heavy atom. The average molecular weight is 357 g/mol. The van der Waals surface area contributed by atoms with Crippen LogP contribution in [0.4, 0.5) is 5.95 Å². The van der Waals surface area contributed by atoms with E-state index in [0.29, 0.717) is 16.2 Å². The highest BCUT2D eigenvalue weighted by Crippen LogP contribution is 2.32. The molecule has 130 valence electrons. The van der Waals surface area contributed by atoms with Crippen molar-refractivity contribution >= 4 is 33.4 Å². The van der Waals surface area contributed by atoms with Crippen molar-refractivity contribution in [3.8, 4) is 0 Å². The number of nitrogens with one attached hydrogen (secondary N) is 1. The molecule has 3 rings (SSSR count). The second-order valence-electron chi connectivity index (χ2n) is 5.83. The molecule has 0 aliphatic heterocycles. The van der Waals surface area contributed by atoms with Crippen molar-refractivity contribution in [2.75, 3.05) is 11.9 Å². The lowest BCUT2D eigenvalue weighted by Gasteiger charge is -2.13. The summed E-state index contributed by atoms with van der Waals surface area (Å²) in [6.07, 6.45) is 1.72. The zero-order chi connectivity index (χ0) is 18.0. The van der Waals surface area contributed by atoms with Gasteiger partial charge in [0.15, 0.2) is 5.69 Å². The van der Waals surface area contributed by atoms with E-state index in [2.05, 4.69) is 20.3 Å². The monoisotopic (exact) mass is 357 g/mol. The zero-order valence-corrected chi connectivity index (χ0v) is 14.7. The van der Waals surface area contributed by atoms with Gasteiger partial charge in [0.2, 0.25) is 5.95 Å². The number of anilines is 1. The quantitative estimate of drug-likeness (QED) is 0.624. The molecule has 0 aliphatic rings. The maximum Gasteiger partial charge on any atom is 0.269 e. The van der Waals surface area contributed by atoms with Gasteiger partial charge in [0, 0.05) is 17.0 Å². The molecule has 3 heterocycles. The molecule has 1 amide bonds. The van der Waals surface area contributed by atoms with E-state index in [-0.39, 0.29) is 24.3 Å². The maximum atomic E-state index is 11.8. The standard InChI is InChI=1S/C17H19N5O2S/c1-9(8-23)13-7-12-15(25-13)14(16(18)24)22-17(21-12)20-10(2)11-5-3-4-6-19-11/h3-7,9-10,23H,8H2,1-2H3,(H2,18,24)(H,20,21,22)/t9-,10+/m1/s1. The van der Waals surface area contributed by atoms with Crippen LogP contribution in [0.15, 0.2) is 30.5 Å². The van der Waals surface area contributed by atoms with Crippen LogP contribution in [0.5, 0.6) is 0 Å². The molecule has 0 saturated carbocycles. The van der Waals surface area contributed by atoms with Crippen molar-refractivity contribution in [3.63, 3.8) is 0 Å². The van der Waals surface area contributed by atoms with Gasteiger partial charge in [0.05, 0.1) is 28.6 Å². The number of aliphatic hydroxyl groups excluding tert-OH is 1. The average Bonchev–Trinajstić information content (AvgIpc) is 3.04. The molecule has 0 aromatic carbocycles. The number of thiophene rings is 1. The highest BCUT2D eigenvalue weighted by molar-refractivity contribution is 7.19. The Labute approximate surface area is 149 Å². The van der Waals surface area contributed by atoms with E-state index in [1.165, 1.54) is 11.3 Å². The number of rotatable bonds is 6. The first-order valence-electron chi connectivity index (χ1n) is 7.89. The van der Waals surface area contributed by atoms with Crippen LogP contribution < -0.4 is 11.1 Å². The number of amides is 1. The van der Waals surface area contributed by atoms with Gasteiger partial charge in [-0.2, -0.15) is 0 Å². The minimum atomic E-state index is -0.606. The van der Waals surface area contributed by atoms with Crippen molar-refractivity contribution in [2.45, 2.75) is 25.8 Å². The first-order valence-corrected chi connectivity index (χ1v) is 8.71. The normalized spacial score (nSPS) is 13.6. The van der Waals surface area contributed by atoms with Gasteiger partial charge in [-0.05, 0) is 25.1 Å². The number of nitrogens with zero attached hydrogens (tertiary/aromatic N) is 3. The van der Waals surface area contributed by atoms with E-state index >= 15 is 0 Å². The Balaban J connectivity index is 2.00. The van der Waals surface area contributed by atoms with Crippen molar-refractivity contribution in [3.05, 3.63) is 46.7 Å². The van der Waals surface area contributed by atoms with Gasteiger partial charge in [-0.3, -0.25) is 9.78 Å². The summed E-state index contributed by atoms with van der Waals surface area (Å²) in [4.78, 5) is 25.8. The Morgan fingerprint density at radius 3 is 2.80 bits per heavy atom. The van der Waals surface area contributed by atoms with Gasteiger partial charge in [-0.15, -0.1) is 11.3 Å². The number of hydrogen-bond acceptors (Lipinski definition) is 7. The third-order valence-electron chi connectivity index (χ3n) is 3.86. The number of aliphatic hydroxyl groups is 1. The number of aromatic nitrogens is 3. The van der Waals surface area contributed by atoms with Crippen LogP contribution in [0.25, 0.3) is 10.2 Å². The molecule has 0 radical (unpaired) electrons. The fourth-order valence-corrected chi connectivity index (χ4v) is 3.55. The van der Waals surface area contributed by atoms with E-state index in [9.17, 15) is 9.90 Å². The summed E-state index contributed by atoms with van der Waals surface area (Å²) in [5, 5.41) is 12.5. The summed E-state index contributed by atoms with van der Waals surface area (Å²) >= 11 is 1.38. The van der Waals surface area contributed by atoms with Gasteiger partial charge >= 0.3 is 0 Å². The lowest BCUT2D eigenvalue weighted by molar-refractivity contribution is 0.0997. The second kappa shape index (κ2) is 7.12. The largest absolute Gasteiger partial charge is 0.396 e. The summed E-state index contributed by atoms with van der Waals surface area (Å²) < 4.78 is 0.638. The Kier molecular flexibility index (Phi) is 4.91. The molecule has 0 saturated heterocycles. The molecule has 0 fully saturated rings. The fraction of sp³-hybridized carbons (Fsp3) is 0.294. The predicted octanol–water partition coefficient (Wildman–Crippen LogP) is 2.45. The van der Waals surface area contributed by atoms with Crippen LogP contribution in [0.1, 0.15) is 46.9 Å². The molecule has 0 spiro atoms. The first kappa shape index (κ1) is 17.2. The molecule has 2 atom stereocenters. The SMILES string of the molecule is C[C@H](CO)c1cc2nc(N[C@@H](C)c3ccccn3)nc(C(N)=O)c2s1. The molecular formula is C17H19N5O2S. The van der Waals surface area contributed by atoms with Crippen molar-refractivity contribution in [1.82, 2.24) is 15.0 Å². The van der Waals surface area contributed by atoms with Gasteiger partial charge < -0.3 is 16.2 Å². The molecule has 3 aromatic rings. The number of carbonyl (C=O) groups is 1. The highest BCUT2D eigenvalue weighted by atomic mass is 32.1. The Morgan fingerprint density at radius 1 is 1.36 bits per heavy atom. The second-order valence-corrected chi connectivity index (χ2v) is 6.91. The molecule has 3 aromatic heterocycles. The van der Waals surface area contributed by atoms with Crippen LogP contribution in [0.2, 0.25) is 0 Å². The molecule has 7 nitrogen and oxygen atoms in total. The van der Waals surface area contributed by atoms with Crippen LogP contribution >= 0.6 is 11.3 Å². The van der Waals surface area contributed by atoms with Crippen molar-refractivity contribution in [1.29, 1.82) is 0 Å². The van der Waals surface area contributed by atoms with Gasteiger partial charge in [-0.1, -0.05) is 13.0 Å². The van der Waals surface area contributed by atoms with E-state index in [4.69, 9.17) is 5.73 Å². The summed E-state index contributed by atoms with van der Waals surface area (Å²) in [6, 6.07) is 7.39. The lowest BCUT2D eigenvalue weighted by Crippen LogP contribution is -2.17. The van der Waals surface area contributed by atoms with Gasteiger partial charge in [0.25, 0.3) is 5.91 Å². The molecule has 8 heteroatoms. The van der Waals surface area contributed by atoms with E-state index in [1.54, 1.807) is 6.20 Å². The lowest BCUT2D eigenvalue weighted by atomic mass is 10.1. The van der Waals surface area contributed by atoms with Crippen molar-refractivity contribution in [2.24, 2.45) is 5.73 Å². The smallest absolute Gasteiger partial charge is 0.269 e. The van der Waals surface area contributed by atoms with Crippen LogP contribution in [0, 0.1) is 0 Å². The van der Waals surface area contributed by atoms with E-state index in [0.717, 1.165) is 10.6 Å². The summed E-state index contributed by atoms with van der Waals surface area (Å²) in [5.41, 5.74) is 7.16. The molecule has 0 aliphatic carbocycles. The number of nitrogens with two attached hydrogens (primary N) is 1. The topological polar surface area (TPSA) is 114 Å². The summed E-state index contributed by atoms with van der Waals surface area (Å²) in [6.45, 7) is 3.87. The van der Waals surface area contributed by atoms with E-state index < -0.39 is 5.91 Å². The zero-order valence-electron chi connectivity index (χ0n) is 13.9. The number of hydrogen-bond donors (Lipinski definition) is 3. The number of carbonyl (C=O) groups excluding carboxylic acids is 1. The Bertz CT molecular complexity index is 897. The van der Waals surface area contributed by atoms with Gasteiger partial charge in [0.1, 0.15) is 0 Å². The summed E-state index contributed by atoms with van der Waals surface area (Å²) in [5.74, 6) is -0.324. The Hall–Kier alpha value is -2.58. The third kappa shape index (κ3) is 3.59. The highest BCUT2D eigenvalue weighted by Gasteiger charge is 2.19. The number of primary amides is 1. The van der Waals surface area contributed by atoms with Crippen LogP contribution in [0.3, 0.4) is 0 Å². The van der Waals surface area contributed by atoms with Crippen LogP contribution in [-0.2, 0) is 0 Å². The minimum Gasteiger partial charge on any atom is -0.396 e. The van der Waals surface area contributed by atoms with Gasteiger partial charge in [-0.25, -0.2) is 9.97 Å². The first-order chi connectivity index (χ1) is 12.0. The van der Waals surface area contributed by atoms with E-state index in [1.807, 2.05) is 38.1 Å². The third-order valence-corrected chi connectivity index (χ3v) is 5.22. The fourth-order valence-electron chi connectivity index (χ4n) is 2.41. The maximum absolute atomic E-state index is 11.8. The predicted molar refractivity (Wildman–Crippen MR) is 97.7 cm³/mol. The number of fused-ring (bicyclic) bond motifs is 1. The molecular weight excluding hydrogens is 338 g/mol. The molecule has 0 bridgehead atoms. The molecule has 0 unspecified atom stereocenters. The van der Waals surface area contributed by atoms with Crippen LogP contribution in [-0.4, -0.2) is 32.6 Å².